The Morgan fingerprint density at radius 2 is 1.83 bits per heavy atom. The zero-order valence-corrected chi connectivity index (χ0v) is 14.7. The van der Waals surface area contributed by atoms with Crippen LogP contribution in [0, 0.1) is 0 Å². The van der Waals surface area contributed by atoms with Crippen molar-refractivity contribution in [2.24, 2.45) is 0 Å². The van der Waals surface area contributed by atoms with E-state index in [2.05, 4.69) is 30.5 Å². The maximum absolute atomic E-state index is 12.1. The zero-order valence-electron chi connectivity index (χ0n) is 13.1. The van der Waals surface area contributed by atoms with Crippen molar-refractivity contribution in [2.45, 2.75) is 26.2 Å². The summed E-state index contributed by atoms with van der Waals surface area (Å²) in [5, 5.41) is 6.66. The topological polar surface area (TPSA) is 41.1 Å². The van der Waals surface area contributed by atoms with Crippen molar-refractivity contribution in [1.29, 1.82) is 0 Å². The molecule has 0 radical (unpaired) electrons. The minimum atomic E-state index is -0.264. The highest BCUT2D eigenvalue weighted by Gasteiger charge is 2.11. The van der Waals surface area contributed by atoms with Crippen LogP contribution in [0.2, 0.25) is 5.02 Å². The van der Waals surface area contributed by atoms with Gasteiger partial charge < -0.3 is 5.32 Å². The predicted octanol–water partition coefficient (Wildman–Crippen LogP) is 4.98. The van der Waals surface area contributed by atoms with E-state index in [-0.39, 0.29) is 11.0 Å². The molecular formula is C18H19ClN2OS. The van der Waals surface area contributed by atoms with Crippen LogP contribution in [-0.4, -0.2) is 11.0 Å². The number of benzene rings is 2. The van der Waals surface area contributed by atoms with Gasteiger partial charge in [0.1, 0.15) is 0 Å². The van der Waals surface area contributed by atoms with Crippen LogP contribution >= 0.6 is 23.8 Å². The van der Waals surface area contributed by atoms with Crippen molar-refractivity contribution in [3.8, 4) is 0 Å². The molecule has 0 saturated heterocycles. The van der Waals surface area contributed by atoms with Gasteiger partial charge in [-0.05, 0) is 60.5 Å². The number of nitrogens with one attached hydrogen (secondary N) is 2. The van der Waals surface area contributed by atoms with Crippen LogP contribution in [0.15, 0.2) is 48.5 Å². The van der Waals surface area contributed by atoms with Crippen molar-refractivity contribution >= 4 is 40.5 Å². The quantitative estimate of drug-likeness (QED) is 0.767. The van der Waals surface area contributed by atoms with Crippen molar-refractivity contribution in [1.82, 2.24) is 5.32 Å². The fraction of sp³-hybridized carbons (Fsp3) is 0.222. The summed E-state index contributed by atoms with van der Waals surface area (Å²) in [6.45, 7) is 4.30. The van der Waals surface area contributed by atoms with Gasteiger partial charge in [0.05, 0.1) is 0 Å². The fourth-order valence-electron chi connectivity index (χ4n) is 2.19. The summed E-state index contributed by atoms with van der Waals surface area (Å²) in [7, 11) is 0. The Balaban J connectivity index is 2.05. The van der Waals surface area contributed by atoms with Crippen LogP contribution in [-0.2, 0) is 0 Å². The highest BCUT2D eigenvalue weighted by atomic mass is 35.5. The molecule has 23 heavy (non-hydrogen) atoms. The number of anilines is 1. The molecule has 2 N–H and O–H groups in total. The second-order valence-electron chi connectivity index (χ2n) is 5.31. The second kappa shape index (κ2) is 8.09. The molecule has 0 heterocycles. The van der Waals surface area contributed by atoms with Gasteiger partial charge >= 0.3 is 0 Å². The number of hydrogen-bond donors (Lipinski definition) is 2. The third-order valence-electron chi connectivity index (χ3n) is 3.69. The maximum atomic E-state index is 12.1. The Morgan fingerprint density at radius 1 is 1.17 bits per heavy atom. The normalized spacial score (nSPS) is 11.6. The van der Waals surface area contributed by atoms with E-state index in [9.17, 15) is 4.79 Å². The minimum absolute atomic E-state index is 0.264. The highest BCUT2D eigenvalue weighted by molar-refractivity contribution is 7.80. The third kappa shape index (κ3) is 4.78. The minimum Gasteiger partial charge on any atom is -0.332 e. The fourth-order valence-corrected chi connectivity index (χ4v) is 2.52. The summed E-state index contributed by atoms with van der Waals surface area (Å²) in [4.78, 5) is 12.1. The number of rotatable bonds is 4. The summed E-state index contributed by atoms with van der Waals surface area (Å²) in [6.07, 6.45) is 1.03. The lowest BCUT2D eigenvalue weighted by Crippen LogP contribution is -2.34. The molecule has 0 aliphatic carbocycles. The van der Waals surface area contributed by atoms with Crippen LogP contribution in [0.4, 0.5) is 5.69 Å². The summed E-state index contributed by atoms with van der Waals surface area (Å²) in [5.41, 5.74) is 2.61. The van der Waals surface area contributed by atoms with Gasteiger partial charge in [-0.2, -0.15) is 0 Å². The van der Waals surface area contributed by atoms with Crippen molar-refractivity contribution in [3.05, 3.63) is 64.7 Å². The largest absolute Gasteiger partial charge is 0.332 e. The van der Waals surface area contributed by atoms with Crippen LogP contribution in [0.3, 0.4) is 0 Å². The van der Waals surface area contributed by atoms with Crippen LogP contribution in [0.25, 0.3) is 0 Å². The molecule has 1 amide bonds. The van der Waals surface area contributed by atoms with Crippen LogP contribution in [0.1, 0.15) is 42.1 Å². The Morgan fingerprint density at radius 3 is 2.48 bits per heavy atom. The van der Waals surface area contributed by atoms with E-state index in [0.717, 1.165) is 12.1 Å². The Labute approximate surface area is 147 Å². The first-order valence-electron chi connectivity index (χ1n) is 7.48. The summed E-state index contributed by atoms with van der Waals surface area (Å²) < 4.78 is 0. The third-order valence-corrected chi connectivity index (χ3v) is 4.14. The molecule has 0 unspecified atom stereocenters. The average Bonchev–Trinajstić information content (AvgIpc) is 2.55. The number of amides is 1. The number of hydrogen-bond acceptors (Lipinski definition) is 2. The van der Waals surface area contributed by atoms with Gasteiger partial charge in [-0.1, -0.05) is 43.6 Å². The number of carbonyl (C=O) groups excluding carboxylic acids is 1. The summed E-state index contributed by atoms with van der Waals surface area (Å²) in [6, 6.07) is 14.6. The number of para-hydroxylation sites is 1. The van der Waals surface area contributed by atoms with E-state index in [1.54, 1.807) is 24.3 Å². The van der Waals surface area contributed by atoms with Gasteiger partial charge in [-0.15, -0.1) is 0 Å². The van der Waals surface area contributed by atoms with Gasteiger partial charge in [-0.3, -0.25) is 10.1 Å². The van der Waals surface area contributed by atoms with Crippen LogP contribution in [0.5, 0.6) is 0 Å². The van der Waals surface area contributed by atoms with Crippen molar-refractivity contribution in [3.63, 3.8) is 0 Å². The van der Waals surface area contributed by atoms with Gasteiger partial charge in [0.2, 0.25) is 0 Å². The summed E-state index contributed by atoms with van der Waals surface area (Å²) >= 11 is 11.1. The van der Waals surface area contributed by atoms with E-state index in [0.29, 0.717) is 16.5 Å². The average molecular weight is 347 g/mol. The molecule has 0 saturated carbocycles. The van der Waals surface area contributed by atoms with Gasteiger partial charge in [-0.25, -0.2) is 0 Å². The van der Waals surface area contributed by atoms with Gasteiger partial charge in [0.15, 0.2) is 5.11 Å². The van der Waals surface area contributed by atoms with Gasteiger partial charge in [0, 0.05) is 16.3 Å². The molecule has 0 aliphatic rings. The second-order valence-corrected chi connectivity index (χ2v) is 6.16. The predicted molar refractivity (Wildman–Crippen MR) is 100 cm³/mol. The molecule has 2 aromatic carbocycles. The van der Waals surface area contributed by atoms with E-state index in [1.165, 1.54) is 5.56 Å². The van der Waals surface area contributed by atoms with Crippen molar-refractivity contribution in [2.75, 3.05) is 5.32 Å². The molecule has 2 aromatic rings. The van der Waals surface area contributed by atoms with E-state index in [1.807, 2.05) is 18.2 Å². The zero-order chi connectivity index (χ0) is 16.8. The molecule has 2 rings (SSSR count). The standard InChI is InChI=1S/C18H19ClN2OS/c1-3-12(2)15-6-4-5-7-16(15)20-18(23)21-17(22)13-8-10-14(19)11-9-13/h4-12H,3H2,1-2H3,(H2,20,21,22,23)/t12-/m1/s1. The summed E-state index contributed by atoms with van der Waals surface area (Å²) in [5.74, 6) is 0.147. The van der Waals surface area contributed by atoms with Gasteiger partial charge in [0.25, 0.3) is 5.91 Å². The lowest BCUT2D eigenvalue weighted by Gasteiger charge is -2.17. The van der Waals surface area contributed by atoms with Crippen LogP contribution < -0.4 is 10.6 Å². The molecule has 1 atom stereocenters. The molecular weight excluding hydrogens is 328 g/mol. The molecule has 0 spiro atoms. The number of halogens is 1. The lowest BCUT2D eigenvalue weighted by atomic mass is 9.97. The monoisotopic (exact) mass is 346 g/mol. The number of carbonyl (C=O) groups is 1. The highest BCUT2D eigenvalue weighted by Crippen LogP contribution is 2.26. The first-order valence-corrected chi connectivity index (χ1v) is 8.26. The molecule has 0 aliphatic heterocycles. The molecule has 0 aromatic heterocycles. The van der Waals surface area contributed by atoms with E-state index >= 15 is 0 Å². The molecule has 5 heteroatoms. The molecule has 120 valence electrons. The smallest absolute Gasteiger partial charge is 0.257 e. The van der Waals surface area contributed by atoms with Crippen molar-refractivity contribution < 1.29 is 4.79 Å². The Hall–Kier alpha value is -1.91. The molecule has 0 fully saturated rings. The van der Waals surface area contributed by atoms with E-state index < -0.39 is 0 Å². The van der Waals surface area contributed by atoms with E-state index in [4.69, 9.17) is 23.8 Å². The Kier molecular flexibility index (Phi) is 6.13. The lowest BCUT2D eigenvalue weighted by molar-refractivity contribution is 0.0978. The first kappa shape index (κ1) is 17.4. The SMILES string of the molecule is CC[C@@H](C)c1ccccc1NC(=S)NC(=O)c1ccc(Cl)cc1. The Bertz CT molecular complexity index is 700. The number of thiocarbonyl (C=S) groups is 1. The molecule has 3 nitrogen and oxygen atoms in total. The molecule has 0 bridgehead atoms. The first-order chi connectivity index (χ1) is 11.0. The maximum Gasteiger partial charge on any atom is 0.257 e.